The molecule has 0 saturated carbocycles. The number of hydrogen-bond donors (Lipinski definition) is 0. The van der Waals surface area contributed by atoms with Crippen molar-refractivity contribution in [3.05, 3.63) is 68.2 Å². The predicted octanol–water partition coefficient (Wildman–Crippen LogP) is 6.34. The average Bonchev–Trinajstić information content (AvgIpc) is 3.31. The first kappa shape index (κ1) is 25.0. The number of ketones is 1. The molecule has 3 aromatic rings. The van der Waals surface area contributed by atoms with Gasteiger partial charge in [-0.15, -0.1) is 0 Å². The maximum Gasteiger partial charge on any atom is 0.283 e. The molecule has 0 bridgehead atoms. The van der Waals surface area contributed by atoms with E-state index in [1.165, 1.54) is 19.4 Å². The van der Waals surface area contributed by atoms with Gasteiger partial charge in [0.05, 0.1) is 29.3 Å². The lowest BCUT2D eigenvalue weighted by molar-refractivity contribution is 0.103. The number of benzene rings is 1. The van der Waals surface area contributed by atoms with Crippen LogP contribution in [0.1, 0.15) is 52.8 Å². The van der Waals surface area contributed by atoms with Crippen molar-refractivity contribution < 1.29 is 27.1 Å². The second-order valence-corrected chi connectivity index (χ2v) is 8.00. The van der Waals surface area contributed by atoms with Gasteiger partial charge in [0.1, 0.15) is 22.8 Å². The van der Waals surface area contributed by atoms with E-state index >= 15 is 0 Å². The summed E-state index contributed by atoms with van der Waals surface area (Å²) in [5, 5.41) is 6.92. The third-order valence-corrected chi connectivity index (χ3v) is 5.72. The third kappa shape index (κ3) is 5.30. The summed E-state index contributed by atoms with van der Waals surface area (Å²) in [5.41, 5.74) is -0.388. The molecule has 1 aromatic carbocycles. The number of methoxy groups -OCH3 is 1. The summed E-state index contributed by atoms with van der Waals surface area (Å²) >= 11 is 9.03. The number of rotatable bonds is 9. The minimum absolute atomic E-state index is 0.293. The van der Waals surface area contributed by atoms with Gasteiger partial charge in [-0.1, -0.05) is 23.7 Å². The number of carbonyl (C=O) groups is 1. The van der Waals surface area contributed by atoms with Crippen LogP contribution in [0.25, 0.3) is 6.08 Å². The van der Waals surface area contributed by atoms with Gasteiger partial charge in [0.2, 0.25) is 5.78 Å². The standard InChI is InChI=1S/C21H18BrClF4N4O2/c1-3-30-18(13(22)9-28-30)14(32)6-4-11-5-7-15(33-2)12(8-11)10-31-19(21(26)27)16(23)17(29-31)20(24)25/h4-9,20-21H,3,10H2,1-2H3/b6-4+. The Morgan fingerprint density at radius 2 is 1.97 bits per heavy atom. The summed E-state index contributed by atoms with van der Waals surface area (Å²) in [6.45, 7) is 2.07. The highest BCUT2D eigenvalue weighted by Crippen LogP contribution is 2.35. The Hall–Kier alpha value is -2.66. The van der Waals surface area contributed by atoms with Crippen LogP contribution in [0.15, 0.2) is 34.9 Å². The van der Waals surface area contributed by atoms with E-state index < -0.39 is 29.3 Å². The van der Waals surface area contributed by atoms with E-state index in [4.69, 9.17) is 16.3 Å². The van der Waals surface area contributed by atoms with Crippen LogP contribution in [0.4, 0.5) is 17.6 Å². The predicted molar refractivity (Wildman–Crippen MR) is 118 cm³/mol. The Balaban J connectivity index is 1.94. The van der Waals surface area contributed by atoms with Crippen LogP contribution in [-0.4, -0.2) is 32.5 Å². The molecule has 0 saturated heterocycles. The van der Waals surface area contributed by atoms with Crippen LogP contribution in [0.3, 0.4) is 0 Å². The largest absolute Gasteiger partial charge is 0.496 e. The SMILES string of the molecule is CCn1ncc(Br)c1C(=O)/C=C/c1ccc(OC)c(Cn2nc(C(F)F)c(Cl)c2C(F)F)c1. The minimum Gasteiger partial charge on any atom is -0.496 e. The van der Waals surface area contributed by atoms with Gasteiger partial charge in [0.25, 0.3) is 12.9 Å². The van der Waals surface area contributed by atoms with Crippen molar-refractivity contribution >= 4 is 39.4 Å². The van der Waals surface area contributed by atoms with Gasteiger partial charge in [-0.25, -0.2) is 17.6 Å². The molecule has 2 aromatic heterocycles. The van der Waals surface area contributed by atoms with Crippen molar-refractivity contribution in [2.45, 2.75) is 32.9 Å². The normalized spacial score (nSPS) is 11.8. The number of allylic oxidation sites excluding steroid dienone is 1. The molecule has 0 aliphatic carbocycles. The molecule has 0 N–H and O–H groups in total. The second kappa shape index (κ2) is 10.5. The Kier molecular flexibility index (Phi) is 7.96. The van der Waals surface area contributed by atoms with Gasteiger partial charge < -0.3 is 4.74 Å². The second-order valence-electron chi connectivity index (χ2n) is 6.77. The van der Waals surface area contributed by atoms with Crippen LogP contribution in [0.5, 0.6) is 5.75 Å². The molecule has 0 aliphatic rings. The van der Waals surface area contributed by atoms with Crippen LogP contribution in [0, 0.1) is 0 Å². The van der Waals surface area contributed by atoms with E-state index in [1.807, 2.05) is 6.92 Å². The summed E-state index contributed by atoms with van der Waals surface area (Å²) in [6, 6.07) is 4.82. The number of aromatic nitrogens is 4. The van der Waals surface area contributed by atoms with Crippen LogP contribution in [-0.2, 0) is 13.1 Å². The Morgan fingerprint density at radius 1 is 1.24 bits per heavy atom. The summed E-state index contributed by atoms with van der Waals surface area (Å²) in [7, 11) is 1.38. The van der Waals surface area contributed by atoms with E-state index in [0.29, 0.717) is 33.6 Å². The number of nitrogens with zero attached hydrogens (tertiary/aromatic N) is 4. The highest BCUT2D eigenvalue weighted by molar-refractivity contribution is 9.10. The molecule has 6 nitrogen and oxygen atoms in total. The molecule has 0 amide bonds. The lowest BCUT2D eigenvalue weighted by Gasteiger charge is -2.12. The van der Waals surface area contributed by atoms with E-state index in [2.05, 4.69) is 26.1 Å². The maximum absolute atomic E-state index is 13.5. The van der Waals surface area contributed by atoms with Crippen molar-refractivity contribution in [1.29, 1.82) is 0 Å². The van der Waals surface area contributed by atoms with Crippen LogP contribution in [0.2, 0.25) is 5.02 Å². The first-order valence-electron chi connectivity index (χ1n) is 9.60. The Morgan fingerprint density at radius 3 is 2.58 bits per heavy atom. The number of ether oxygens (including phenoxy) is 1. The monoisotopic (exact) mass is 548 g/mol. The molecule has 0 fully saturated rings. The molecule has 0 aliphatic heterocycles. The lowest BCUT2D eigenvalue weighted by atomic mass is 10.1. The van der Waals surface area contributed by atoms with Crippen molar-refractivity contribution in [2.24, 2.45) is 0 Å². The maximum atomic E-state index is 13.5. The van der Waals surface area contributed by atoms with Gasteiger partial charge in [0, 0.05) is 12.1 Å². The zero-order valence-corrected chi connectivity index (χ0v) is 19.7. The molecule has 2 heterocycles. The number of hydrogen-bond acceptors (Lipinski definition) is 4. The molecule has 0 unspecified atom stereocenters. The highest BCUT2D eigenvalue weighted by atomic mass is 79.9. The average molecular weight is 550 g/mol. The van der Waals surface area contributed by atoms with Crippen LogP contribution < -0.4 is 4.74 Å². The Labute approximate surface area is 199 Å². The smallest absolute Gasteiger partial charge is 0.283 e. The van der Waals surface area contributed by atoms with E-state index in [9.17, 15) is 22.4 Å². The fourth-order valence-corrected chi connectivity index (χ4v) is 4.02. The van der Waals surface area contributed by atoms with E-state index in [0.717, 1.165) is 4.68 Å². The molecule has 0 radical (unpaired) electrons. The van der Waals surface area contributed by atoms with Gasteiger partial charge in [-0.05, 0) is 46.6 Å². The van der Waals surface area contributed by atoms with Gasteiger partial charge in [0.15, 0.2) is 0 Å². The molecule has 0 atom stereocenters. The van der Waals surface area contributed by atoms with Crippen LogP contribution >= 0.6 is 27.5 Å². The molecular weight excluding hydrogens is 532 g/mol. The van der Waals surface area contributed by atoms with Crippen molar-refractivity contribution in [3.63, 3.8) is 0 Å². The number of alkyl halides is 4. The Bertz CT molecular complexity index is 1190. The topological polar surface area (TPSA) is 61.9 Å². The molecule has 12 heteroatoms. The molecule has 0 spiro atoms. The van der Waals surface area contributed by atoms with Crippen molar-refractivity contribution in [3.8, 4) is 5.75 Å². The zero-order chi connectivity index (χ0) is 24.3. The minimum atomic E-state index is -3.11. The van der Waals surface area contributed by atoms with E-state index in [1.54, 1.807) is 29.0 Å². The molecule has 176 valence electrons. The lowest BCUT2D eigenvalue weighted by Crippen LogP contribution is -2.09. The number of carbonyl (C=O) groups excluding carboxylic acids is 1. The van der Waals surface area contributed by atoms with Gasteiger partial charge in [-0.2, -0.15) is 10.2 Å². The molecule has 3 rings (SSSR count). The number of aryl methyl sites for hydroxylation is 1. The summed E-state index contributed by atoms with van der Waals surface area (Å²) < 4.78 is 61.3. The van der Waals surface area contributed by atoms with Crippen molar-refractivity contribution in [1.82, 2.24) is 19.6 Å². The summed E-state index contributed by atoms with van der Waals surface area (Å²) in [4.78, 5) is 12.6. The first-order valence-corrected chi connectivity index (χ1v) is 10.8. The molecule has 33 heavy (non-hydrogen) atoms. The third-order valence-electron chi connectivity index (χ3n) is 4.75. The fraction of sp³-hybridized carbons (Fsp3) is 0.286. The highest BCUT2D eigenvalue weighted by Gasteiger charge is 2.28. The number of halogens is 6. The summed E-state index contributed by atoms with van der Waals surface area (Å²) in [6.07, 6.45) is -1.79. The van der Waals surface area contributed by atoms with Crippen molar-refractivity contribution in [2.75, 3.05) is 7.11 Å². The quantitative estimate of drug-likeness (QED) is 0.177. The fourth-order valence-electron chi connectivity index (χ4n) is 3.23. The van der Waals surface area contributed by atoms with E-state index in [-0.39, 0.29) is 12.3 Å². The first-order chi connectivity index (χ1) is 15.7. The summed E-state index contributed by atoms with van der Waals surface area (Å²) in [5.74, 6) is 0.0368. The molecular formula is C21H18BrClF4N4O2. The van der Waals surface area contributed by atoms with Gasteiger partial charge in [-0.3, -0.25) is 14.2 Å². The van der Waals surface area contributed by atoms with Gasteiger partial charge >= 0.3 is 0 Å². The zero-order valence-electron chi connectivity index (χ0n) is 17.4.